The highest BCUT2D eigenvalue weighted by Crippen LogP contribution is 2.36. The number of fused-ring (bicyclic) bond motifs is 2. The van der Waals surface area contributed by atoms with Crippen molar-refractivity contribution in [2.75, 3.05) is 27.8 Å². The standard InChI is InChI=1S/C26H24O9/c1-13-7-21-23(22(14(13)2)26(29)30)25(28)18(10-33-21)16-6-5-15-8-19(34-11-31-3)20(35-12-32-4)9-17(15)24(16)27/h6-10H,5,11-12H2,1-4H3,(H,29,30). The molecule has 0 aliphatic heterocycles. The Labute approximate surface area is 200 Å². The monoisotopic (exact) mass is 480 g/mol. The molecular formula is C26H24O9. The van der Waals surface area contributed by atoms with Gasteiger partial charge in [0, 0.05) is 25.4 Å². The van der Waals surface area contributed by atoms with Crippen molar-refractivity contribution >= 4 is 28.3 Å². The van der Waals surface area contributed by atoms with Crippen molar-refractivity contribution in [3.8, 4) is 11.5 Å². The van der Waals surface area contributed by atoms with E-state index in [0.717, 1.165) is 0 Å². The van der Waals surface area contributed by atoms with E-state index in [0.29, 0.717) is 34.4 Å². The molecule has 0 radical (unpaired) electrons. The maximum atomic E-state index is 13.5. The summed E-state index contributed by atoms with van der Waals surface area (Å²) in [6.07, 6.45) is 3.17. The van der Waals surface area contributed by atoms with Gasteiger partial charge in [-0.1, -0.05) is 6.08 Å². The summed E-state index contributed by atoms with van der Waals surface area (Å²) in [6, 6.07) is 4.84. The van der Waals surface area contributed by atoms with Gasteiger partial charge in [0.1, 0.15) is 11.8 Å². The molecule has 9 nitrogen and oxygen atoms in total. The first-order valence-electron chi connectivity index (χ1n) is 10.7. The van der Waals surface area contributed by atoms with Gasteiger partial charge in [-0.2, -0.15) is 0 Å². The van der Waals surface area contributed by atoms with Crippen LogP contribution in [0.15, 0.2) is 39.7 Å². The first-order valence-corrected chi connectivity index (χ1v) is 10.7. The van der Waals surface area contributed by atoms with E-state index in [-0.39, 0.29) is 47.0 Å². The molecule has 2 aromatic carbocycles. The predicted molar refractivity (Wildman–Crippen MR) is 126 cm³/mol. The zero-order chi connectivity index (χ0) is 25.3. The van der Waals surface area contributed by atoms with Crippen molar-refractivity contribution < 1.29 is 38.1 Å². The minimum absolute atomic E-state index is 0.00188. The van der Waals surface area contributed by atoms with E-state index < -0.39 is 17.2 Å². The lowest BCUT2D eigenvalue weighted by Gasteiger charge is -2.20. The lowest BCUT2D eigenvalue weighted by atomic mass is 9.86. The third kappa shape index (κ3) is 4.31. The molecule has 35 heavy (non-hydrogen) atoms. The van der Waals surface area contributed by atoms with Gasteiger partial charge in [0.15, 0.2) is 30.9 Å². The lowest BCUT2D eigenvalue weighted by Crippen LogP contribution is -2.20. The van der Waals surface area contributed by atoms with Crippen LogP contribution < -0.4 is 14.9 Å². The maximum absolute atomic E-state index is 13.5. The number of aromatic carboxylic acids is 1. The van der Waals surface area contributed by atoms with Gasteiger partial charge < -0.3 is 28.5 Å². The molecule has 0 spiro atoms. The fourth-order valence-corrected chi connectivity index (χ4v) is 4.10. The molecule has 0 atom stereocenters. The van der Waals surface area contributed by atoms with Gasteiger partial charge in [-0.15, -0.1) is 0 Å². The number of methoxy groups -OCH3 is 2. The SMILES string of the molecule is COCOc1cc2c(cc1OCOC)C(=O)C(c1coc3cc(C)c(C)c(C(=O)O)c3c1=O)=CC2. The van der Waals surface area contributed by atoms with E-state index in [1.54, 1.807) is 32.1 Å². The van der Waals surface area contributed by atoms with Crippen molar-refractivity contribution in [3.63, 3.8) is 0 Å². The molecule has 0 saturated heterocycles. The fourth-order valence-electron chi connectivity index (χ4n) is 4.10. The molecule has 1 heterocycles. The second kappa shape index (κ2) is 9.73. The summed E-state index contributed by atoms with van der Waals surface area (Å²) in [5, 5.41) is 9.71. The van der Waals surface area contributed by atoms with Crippen LogP contribution in [0.4, 0.5) is 0 Å². The van der Waals surface area contributed by atoms with Crippen molar-refractivity contribution in [2.45, 2.75) is 20.3 Å². The zero-order valence-corrected chi connectivity index (χ0v) is 19.7. The lowest BCUT2D eigenvalue weighted by molar-refractivity contribution is 0.0321. The smallest absolute Gasteiger partial charge is 0.336 e. The van der Waals surface area contributed by atoms with Crippen molar-refractivity contribution in [2.24, 2.45) is 0 Å². The van der Waals surface area contributed by atoms with E-state index >= 15 is 0 Å². The molecule has 1 aliphatic carbocycles. The summed E-state index contributed by atoms with van der Waals surface area (Å²) in [5.41, 5.74) is 1.73. The minimum Gasteiger partial charge on any atom is -0.478 e. The Hall–Kier alpha value is -3.95. The van der Waals surface area contributed by atoms with Crippen LogP contribution in [-0.4, -0.2) is 44.7 Å². The van der Waals surface area contributed by atoms with Crippen LogP contribution in [0.3, 0.4) is 0 Å². The fraction of sp³-hybridized carbons (Fsp3) is 0.269. The van der Waals surface area contributed by atoms with Crippen LogP contribution in [0.25, 0.3) is 16.5 Å². The van der Waals surface area contributed by atoms with Gasteiger partial charge in [-0.05, 0) is 55.2 Å². The summed E-state index contributed by atoms with van der Waals surface area (Å²) >= 11 is 0. The number of carbonyl (C=O) groups is 2. The van der Waals surface area contributed by atoms with E-state index in [4.69, 9.17) is 23.4 Å². The highest BCUT2D eigenvalue weighted by atomic mass is 16.7. The van der Waals surface area contributed by atoms with Gasteiger partial charge in [0.2, 0.25) is 5.43 Å². The molecule has 3 aromatic rings. The molecule has 1 aliphatic rings. The number of benzene rings is 2. The van der Waals surface area contributed by atoms with Gasteiger partial charge in [-0.3, -0.25) is 9.59 Å². The van der Waals surface area contributed by atoms with E-state index in [2.05, 4.69) is 0 Å². The van der Waals surface area contributed by atoms with Gasteiger partial charge in [0.25, 0.3) is 0 Å². The number of ketones is 1. The highest BCUT2D eigenvalue weighted by molar-refractivity contribution is 6.30. The molecule has 0 unspecified atom stereocenters. The highest BCUT2D eigenvalue weighted by Gasteiger charge is 2.28. The number of carboxylic acid groups (broad SMARTS) is 1. The quantitative estimate of drug-likeness (QED) is 0.478. The zero-order valence-electron chi connectivity index (χ0n) is 19.7. The molecule has 182 valence electrons. The van der Waals surface area contributed by atoms with Crippen molar-refractivity contribution in [1.29, 1.82) is 0 Å². The topological polar surface area (TPSA) is 122 Å². The molecular weight excluding hydrogens is 456 g/mol. The first-order chi connectivity index (χ1) is 16.8. The van der Waals surface area contributed by atoms with Crippen LogP contribution in [-0.2, 0) is 15.9 Å². The Bertz CT molecular complexity index is 1430. The molecule has 9 heteroatoms. The van der Waals surface area contributed by atoms with Crippen LogP contribution >= 0.6 is 0 Å². The third-order valence-corrected chi connectivity index (χ3v) is 5.94. The average Bonchev–Trinajstić information content (AvgIpc) is 2.83. The summed E-state index contributed by atoms with van der Waals surface area (Å²) in [5.74, 6) is -0.992. The number of allylic oxidation sites excluding steroid dienone is 2. The van der Waals surface area contributed by atoms with Crippen molar-refractivity contribution in [1.82, 2.24) is 0 Å². The van der Waals surface area contributed by atoms with E-state index in [9.17, 15) is 19.5 Å². The van der Waals surface area contributed by atoms with E-state index in [1.807, 2.05) is 0 Å². The van der Waals surface area contributed by atoms with Gasteiger partial charge >= 0.3 is 5.97 Å². The summed E-state index contributed by atoms with van der Waals surface area (Å²) < 4.78 is 26.7. The maximum Gasteiger partial charge on any atom is 0.336 e. The van der Waals surface area contributed by atoms with Crippen LogP contribution in [0.2, 0.25) is 0 Å². The van der Waals surface area contributed by atoms with Crippen LogP contribution in [0, 0.1) is 13.8 Å². The molecule has 1 aromatic heterocycles. The Morgan fingerprint density at radius 3 is 2.29 bits per heavy atom. The molecule has 4 rings (SSSR count). The number of hydrogen-bond acceptors (Lipinski definition) is 8. The Kier molecular flexibility index (Phi) is 6.72. The van der Waals surface area contributed by atoms with E-state index in [1.165, 1.54) is 26.5 Å². The van der Waals surface area contributed by atoms with Gasteiger partial charge in [-0.25, -0.2) is 4.79 Å². The summed E-state index contributed by atoms with van der Waals surface area (Å²) in [6.45, 7) is 3.30. The Morgan fingerprint density at radius 2 is 1.66 bits per heavy atom. The van der Waals surface area contributed by atoms with Gasteiger partial charge in [0.05, 0.1) is 16.5 Å². The Balaban J connectivity index is 1.83. The predicted octanol–water partition coefficient (Wildman–Crippen LogP) is 3.90. The molecule has 0 bridgehead atoms. The largest absolute Gasteiger partial charge is 0.478 e. The second-order valence-electron chi connectivity index (χ2n) is 8.06. The summed E-state index contributed by atoms with van der Waals surface area (Å²) in [7, 11) is 2.95. The summed E-state index contributed by atoms with van der Waals surface area (Å²) in [4.78, 5) is 38.9. The molecule has 0 amide bonds. The number of carbonyl (C=O) groups excluding carboxylic acids is 1. The number of hydrogen-bond donors (Lipinski definition) is 1. The Morgan fingerprint density at radius 1 is 1.00 bits per heavy atom. The van der Waals surface area contributed by atoms with Crippen molar-refractivity contribution in [3.05, 3.63) is 74.1 Å². The normalized spacial score (nSPS) is 12.9. The number of rotatable bonds is 8. The minimum atomic E-state index is -1.24. The number of carboxylic acids is 1. The molecule has 1 N–H and O–H groups in total. The van der Waals surface area contributed by atoms with Crippen LogP contribution in [0.5, 0.6) is 11.5 Å². The number of aryl methyl sites for hydroxylation is 1. The number of Topliss-reactive ketones (excluding diaryl/α,β-unsaturated/α-hetero) is 1. The number of ether oxygens (including phenoxy) is 4. The van der Waals surface area contributed by atoms with Crippen LogP contribution in [0.1, 0.15) is 43.0 Å². The molecule has 0 fully saturated rings. The second-order valence-corrected chi connectivity index (χ2v) is 8.06. The first kappa shape index (κ1) is 24.2. The third-order valence-electron chi connectivity index (χ3n) is 5.94. The average molecular weight is 480 g/mol. The molecule has 0 saturated carbocycles.